The number of tetrazole rings is 1. The molecule has 0 radical (unpaired) electrons. The van der Waals surface area contributed by atoms with Gasteiger partial charge in [0.05, 0.1) is 22.7 Å². The van der Waals surface area contributed by atoms with Gasteiger partial charge >= 0.3 is 0 Å². The van der Waals surface area contributed by atoms with Crippen LogP contribution in [0.5, 0.6) is 0 Å². The zero-order chi connectivity index (χ0) is 21.3. The lowest BCUT2D eigenvalue weighted by Crippen LogP contribution is -2.27. The summed E-state index contributed by atoms with van der Waals surface area (Å²) in [7, 11) is 1.80. The Balaban J connectivity index is 1.52. The standard InChI is InChI=1S/C20H25N7O2S/c1-13-17(19(29)27(25(13)3)16-11-5-4-6-12-16)21-18(28)14(2)30-20-22-23-24-26(20)15-9-7-8-10-15/h4-6,11-12,14-15H,7-10H2,1-3H3,(H,21,28)/t14-/m1/s1. The van der Waals surface area contributed by atoms with Crippen molar-refractivity contribution in [3.05, 3.63) is 46.4 Å². The van der Waals surface area contributed by atoms with E-state index in [9.17, 15) is 9.59 Å². The molecule has 9 nitrogen and oxygen atoms in total. The third-order valence-electron chi connectivity index (χ3n) is 5.59. The van der Waals surface area contributed by atoms with Crippen LogP contribution in [-0.4, -0.2) is 40.7 Å². The Morgan fingerprint density at radius 3 is 2.63 bits per heavy atom. The van der Waals surface area contributed by atoms with Crippen molar-refractivity contribution < 1.29 is 4.79 Å². The largest absolute Gasteiger partial charge is 0.319 e. The van der Waals surface area contributed by atoms with E-state index in [1.165, 1.54) is 24.6 Å². The van der Waals surface area contributed by atoms with E-state index in [0.717, 1.165) is 18.5 Å². The molecule has 0 bridgehead atoms. The van der Waals surface area contributed by atoms with E-state index in [1.54, 1.807) is 23.3 Å². The molecule has 1 amide bonds. The normalized spacial score (nSPS) is 15.4. The zero-order valence-electron chi connectivity index (χ0n) is 17.3. The van der Waals surface area contributed by atoms with Crippen molar-refractivity contribution in [2.24, 2.45) is 7.05 Å². The molecule has 3 aromatic rings. The highest BCUT2D eigenvalue weighted by Crippen LogP contribution is 2.32. The first-order chi connectivity index (χ1) is 14.5. The number of anilines is 1. The maximum absolute atomic E-state index is 13.0. The van der Waals surface area contributed by atoms with Crippen molar-refractivity contribution in [2.45, 2.75) is 56.0 Å². The Bertz CT molecular complexity index is 1100. The summed E-state index contributed by atoms with van der Waals surface area (Å²) < 4.78 is 5.12. The van der Waals surface area contributed by atoms with Gasteiger partial charge < -0.3 is 5.32 Å². The van der Waals surface area contributed by atoms with Gasteiger partial charge in [-0.2, -0.15) is 0 Å². The molecule has 1 aliphatic rings. The van der Waals surface area contributed by atoms with Crippen molar-refractivity contribution in [3.63, 3.8) is 0 Å². The lowest BCUT2D eigenvalue weighted by atomic mass is 10.3. The maximum Gasteiger partial charge on any atom is 0.295 e. The van der Waals surface area contributed by atoms with Crippen LogP contribution in [0.1, 0.15) is 44.3 Å². The molecule has 0 saturated heterocycles. The molecule has 1 atom stereocenters. The average Bonchev–Trinajstić information content (AvgIpc) is 3.47. The van der Waals surface area contributed by atoms with E-state index in [4.69, 9.17) is 0 Å². The summed E-state index contributed by atoms with van der Waals surface area (Å²) in [5.74, 6) is -0.257. The minimum Gasteiger partial charge on any atom is -0.319 e. The zero-order valence-corrected chi connectivity index (χ0v) is 18.1. The summed E-state index contributed by atoms with van der Waals surface area (Å²) in [5.41, 5.74) is 1.45. The maximum atomic E-state index is 13.0. The van der Waals surface area contributed by atoms with Crippen LogP contribution in [0.15, 0.2) is 40.3 Å². The van der Waals surface area contributed by atoms with Crippen LogP contribution in [0.25, 0.3) is 5.69 Å². The first-order valence-electron chi connectivity index (χ1n) is 10.1. The summed E-state index contributed by atoms with van der Waals surface area (Å²) in [6.07, 6.45) is 4.46. The number of carbonyl (C=O) groups is 1. The van der Waals surface area contributed by atoms with Crippen molar-refractivity contribution in [2.75, 3.05) is 5.32 Å². The van der Waals surface area contributed by atoms with Crippen LogP contribution in [0.2, 0.25) is 0 Å². The van der Waals surface area contributed by atoms with E-state index in [1.807, 2.05) is 41.9 Å². The van der Waals surface area contributed by atoms with Crippen LogP contribution in [0.3, 0.4) is 0 Å². The van der Waals surface area contributed by atoms with Crippen molar-refractivity contribution in [3.8, 4) is 5.69 Å². The first kappa shape index (κ1) is 20.4. The molecular formula is C20H25N7O2S. The molecule has 0 spiro atoms. The second kappa shape index (κ2) is 8.47. The smallest absolute Gasteiger partial charge is 0.295 e. The Morgan fingerprint density at radius 1 is 1.23 bits per heavy atom. The van der Waals surface area contributed by atoms with Gasteiger partial charge in [-0.25, -0.2) is 9.36 Å². The van der Waals surface area contributed by atoms with E-state index < -0.39 is 5.25 Å². The molecule has 1 N–H and O–H groups in total. The number of nitrogens with zero attached hydrogens (tertiary/aromatic N) is 6. The number of nitrogens with one attached hydrogen (secondary N) is 1. The highest BCUT2D eigenvalue weighted by atomic mass is 32.2. The van der Waals surface area contributed by atoms with Crippen LogP contribution in [-0.2, 0) is 11.8 Å². The lowest BCUT2D eigenvalue weighted by Gasteiger charge is -2.14. The minimum atomic E-state index is -0.458. The Hall–Kier alpha value is -2.88. The lowest BCUT2D eigenvalue weighted by molar-refractivity contribution is -0.115. The summed E-state index contributed by atoms with van der Waals surface area (Å²) in [6.45, 7) is 3.61. The Morgan fingerprint density at radius 2 is 1.93 bits per heavy atom. The van der Waals surface area contributed by atoms with Crippen LogP contribution < -0.4 is 10.9 Å². The predicted octanol–water partition coefficient (Wildman–Crippen LogP) is 2.71. The molecule has 10 heteroatoms. The molecule has 1 fully saturated rings. The van der Waals surface area contributed by atoms with E-state index in [2.05, 4.69) is 20.8 Å². The number of carbonyl (C=O) groups excluding carboxylic acids is 1. The van der Waals surface area contributed by atoms with Crippen molar-refractivity contribution in [1.29, 1.82) is 0 Å². The second-order valence-corrected chi connectivity index (χ2v) is 8.84. The number of thioether (sulfide) groups is 1. The summed E-state index contributed by atoms with van der Waals surface area (Å²) in [4.78, 5) is 25.9. The van der Waals surface area contributed by atoms with E-state index in [-0.39, 0.29) is 17.2 Å². The van der Waals surface area contributed by atoms with Crippen LogP contribution >= 0.6 is 11.8 Å². The number of aromatic nitrogens is 6. The highest BCUT2D eigenvalue weighted by molar-refractivity contribution is 8.00. The summed E-state index contributed by atoms with van der Waals surface area (Å²) in [6, 6.07) is 9.64. The molecule has 1 saturated carbocycles. The Labute approximate surface area is 178 Å². The summed E-state index contributed by atoms with van der Waals surface area (Å²) in [5, 5.41) is 15.0. The van der Waals surface area contributed by atoms with E-state index >= 15 is 0 Å². The van der Waals surface area contributed by atoms with Gasteiger partial charge in [0.25, 0.3) is 5.56 Å². The molecule has 0 aliphatic heterocycles. The Kier molecular flexibility index (Phi) is 5.76. The van der Waals surface area contributed by atoms with Crippen LogP contribution in [0, 0.1) is 6.92 Å². The third-order valence-corrected chi connectivity index (χ3v) is 6.63. The van der Waals surface area contributed by atoms with Gasteiger partial charge in [0.15, 0.2) is 0 Å². The number of amides is 1. The van der Waals surface area contributed by atoms with Crippen LogP contribution in [0.4, 0.5) is 5.69 Å². The van der Waals surface area contributed by atoms with E-state index in [0.29, 0.717) is 16.9 Å². The molecular weight excluding hydrogens is 402 g/mol. The molecule has 2 aromatic heterocycles. The number of para-hydroxylation sites is 1. The van der Waals surface area contributed by atoms with Gasteiger partial charge in [0.1, 0.15) is 5.69 Å². The first-order valence-corrected chi connectivity index (χ1v) is 10.9. The SMILES string of the molecule is Cc1c(NC(=O)[C@@H](C)Sc2nnnn2C2CCCC2)c(=O)n(-c2ccccc2)n1C. The summed E-state index contributed by atoms with van der Waals surface area (Å²) >= 11 is 1.31. The van der Waals surface area contributed by atoms with Gasteiger partial charge in [0.2, 0.25) is 11.1 Å². The molecule has 30 heavy (non-hydrogen) atoms. The minimum absolute atomic E-state index is 0.257. The molecule has 2 heterocycles. The monoisotopic (exact) mass is 427 g/mol. The number of hydrogen-bond acceptors (Lipinski definition) is 6. The van der Waals surface area contributed by atoms with Gasteiger partial charge in [-0.15, -0.1) is 5.10 Å². The number of hydrogen-bond donors (Lipinski definition) is 1. The highest BCUT2D eigenvalue weighted by Gasteiger charge is 2.26. The quantitative estimate of drug-likeness (QED) is 0.607. The average molecular weight is 428 g/mol. The fourth-order valence-electron chi connectivity index (χ4n) is 3.79. The molecule has 1 aliphatic carbocycles. The topological polar surface area (TPSA) is 99.6 Å². The van der Waals surface area contributed by atoms with Crippen molar-refractivity contribution >= 4 is 23.4 Å². The number of benzene rings is 1. The second-order valence-electron chi connectivity index (χ2n) is 7.53. The number of rotatable bonds is 6. The molecule has 158 valence electrons. The molecule has 4 rings (SSSR count). The van der Waals surface area contributed by atoms with Gasteiger partial charge in [-0.05, 0) is 49.2 Å². The third kappa shape index (κ3) is 3.79. The van der Waals surface area contributed by atoms with Gasteiger partial charge in [-0.3, -0.25) is 14.3 Å². The predicted molar refractivity (Wildman–Crippen MR) is 115 cm³/mol. The van der Waals surface area contributed by atoms with Gasteiger partial charge in [0, 0.05) is 7.05 Å². The molecule has 0 unspecified atom stereocenters. The molecule has 1 aromatic carbocycles. The fourth-order valence-corrected chi connectivity index (χ4v) is 4.65. The van der Waals surface area contributed by atoms with Crippen molar-refractivity contribution in [1.82, 2.24) is 29.6 Å². The fraction of sp³-hybridized carbons (Fsp3) is 0.450. The van der Waals surface area contributed by atoms with Gasteiger partial charge in [-0.1, -0.05) is 42.8 Å².